The van der Waals surface area contributed by atoms with Gasteiger partial charge in [-0.2, -0.15) is 0 Å². The maximum absolute atomic E-state index is 9.55. The minimum atomic E-state index is -0.166. The molecular formula is C11H17NO2. The molecule has 3 heteroatoms. The number of β-amino-alcohol motifs (C(OH)–C–C–N with tert-alkyl or cyclic N) is 1. The van der Waals surface area contributed by atoms with Crippen LogP contribution in [0.15, 0.2) is 22.8 Å². The van der Waals surface area contributed by atoms with Crippen LogP contribution >= 0.6 is 0 Å². The number of furan rings is 1. The zero-order chi connectivity index (χ0) is 9.97. The minimum Gasteiger partial charge on any atom is -0.468 e. The lowest BCUT2D eigenvalue weighted by atomic mass is 10.1. The van der Waals surface area contributed by atoms with Gasteiger partial charge in [0.05, 0.1) is 18.4 Å². The molecule has 0 spiro atoms. The van der Waals surface area contributed by atoms with Crippen LogP contribution in [0, 0.1) is 0 Å². The van der Waals surface area contributed by atoms with Crippen molar-refractivity contribution < 1.29 is 9.52 Å². The molecule has 0 bridgehead atoms. The van der Waals surface area contributed by atoms with Crippen LogP contribution < -0.4 is 0 Å². The van der Waals surface area contributed by atoms with E-state index in [2.05, 4.69) is 11.8 Å². The fourth-order valence-electron chi connectivity index (χ4n) is 2.04. The number of piperidine rings is 1. The van der Waals surface area contributed by atoms with Gasteiger partial charge in [0.1, 0.15) is 5.76 Å². The Morgan fingerprint density at radius 1 is 1.64 bits per heavy atom. The molecule has 3 nitrogen and oxygen atoms in total. The van der Waals surface area contributed by atoms with E-state index in [-0.39, 0.29) is 12.1 Å². The van der Waals surface area contributed by atoms with Crippen molar-refractivity contribution in [3.05, 3.63) is 24.2 Å². The average Bonchev–Trinajstić information content (AvgIpc) is 2.69. The topological polar surface area (TPSA) is 36.6 Å². The van der Waals surface area contributed by atoms with Gasteiger partial charge >= 0.3 is 0 Å². The second-order valence-corrected chi connectivity index (χ2v) is 3.98. The van der Waals surface area contributed by atoms with Crippen molar-refractivity contribution in [2.45, 2.75) is 31.9 Å². The Bertz CT molecular complexity index is 271. The lowest BCUT2D eigenvalue weighted by Crippen LogP contribution is -2.39. The van der Waals surface area contributed by atoms with Crippen molar-refractivity contribution in [2.24, 2.45) is 0 Å². The summed E-state index contributed by atoms with van der Waals surface area (Å²) < 4.78 is 5.36. The molecule has 2 heterocycles. The molecule has 2 rings (SSSR count). The van der Waals surface area contributed by atoms with Crippen LogP contribution in [-0.2, 0) is 0 Å². The molecule has 1 fully saturated rings. The van der Waals surface area contributed by atoms with Crippen LogP contribution in [0.1, 0.15) is 31.6 Å². The predicted molar refractivity (Wildman–Crippen MR) is 53.9 cm³/mol. The number of likely N-dealkylation sites (tertiary alicyclic amines) is 1. The lowest BCUT2D eigenvalue weighted by Gasteiger charge is -2.33. The first-order valence-electron chi connectivity index (χ1n) is 5.23. The van der Waals surface area contributed by atoms with E-state index in [9.17, 15) is 5.11 Å². The number of rotatable bonds is 2. The van der Waals surface area contributed by atoms with Crippen LogP contribution in [0.25, 0.3) is 0 Å². The van der Waals surface area contributed by atoms with Crippen molar-refractivity contribution >= 4 is 0 Å². The Morgan fingerprint density at radius 3 is 3.14 bits per heavy atom. The van der Waals surface area contributed by atoms with E-state index in [0.717, 1.165) is 31.7 Å². The Morgan fingerprint density at radius 2 is 2.50 bits per heavy atom. The minimum absolute atomic E-state index is 0.166. The molecule has 1 aliphatic heterocycles. The van der Waals surface area contributed by atoms with Crippen molar-refractivity contribution in [2.75, 3.05) is 13.1 Å². The third-order valence-electron chi connectivity index (χ3n) is 2.93. The van der Waals surface area contributed by atoms with Crippen molar-refractivity contribution in [1.29, 1.82) is 0 Å². The van der Waals surface area contributed by atoms with E-state index in [1.54, 1.807) is 6.26 Å². The molecule has 0 amide bonds. The lowest BCUT2D eigenvalue weighted by molar-refractivity contribution is 0.0452. The fraction of sp³-hybridized carbons (Fsp3) is 0.636. The number of aliphatic hydroxyl groups is 1. The van der Waals surface area contributed by atoms with Crippen LogP contribution in [0.5, 0.6) is 0 Å². The van der Waals surface area contributed by atoms with Crippen LogP contribution in [-0.4, -0.2) is 29.2 Å². The summed E-state index contributed by atoms with van der Waals surface area (Å²) in [7, 11) is 0. The molecule has 2 atom stereocenters. The number of nitrogens with zero attached hydrogens (tertiary/aromatic N) is 1. The molecule has 0 saturated carbocycles. The van der Waals surface area contributed by atoms with Gasteiger partial charge in [0.25, 0.3) is 0 Å². The molecule has 1 saturated heterocycles. The summed E-state index contributed by atoms with van der Waals surface area (Å²) in [6, 6.07) is 4.18. The van der Waals surface area contributed by atoms with Gasteiger partial charge in [0.2, 0.25) is 0 Å². The summed E-state index contributed by atoms with van der Waals surface area (Å²) in [5.74, 6) is 0.985. The van der Waals surface area contributed by atoms with Crippen molar-refractivity contribution in [3.63, 3.8) is 0 Å². The zero-order valence-electron chi connectivity index (χ0n) is 8.52. The molecule has 14 heavy (non-hydrogen) atoms. The summed E-state index contributed by atoms with van der Waals surface area (Å²) in [6.07, 6.45) is 3.54. The largest absolute Gasteiger partial charge is 0.468 e. The molecule has 1 aliphatic rings. The average molecular weight is 195 g/mol. The Balaban J connectivity index is 2.00. The Kier molecular flexibility index (Phi) is 2.89. The van der Waals surface area contributed by atoms with E-state index in [0.29, 0.717) is 0 Å². The Labute approximate surface area is 84.3 Å². The third kappa shape index (κ3) is 1.99. The maximum atomic E-state index is 9.55. The number of hydrogen-bond donors (Lipinski definition) is 1. The molecule has 0 aliphatic carbocycles. The monoisotopic (exact) mass is 195 g/mol. The molecule has 0 radical (unpaired) electrons. The van der Waals surface area contributed by atoms with Crippen LogP contribution in [0.4, 0.5) is 0 Å². The quantitative estimate of drug-likeness (QED) is 0.781. The highest BCUT2D eigenvalue weighted by atomic mass is 16.3. The summed E-state index contributed by atoms with van der Waals surface area (Å²) in [6.45, 7) is 3.94. The van der Waals surface area contributed by atoms with Gasteiger partial charge in [-0.3, -0.25) is 4.90 Å². The van der Waals surface area contributed by atoms with Crippen molar-refractivity contribution in [3.8, 4) is 0 Å². The van der Waals surface area contributed by atoms with E-state index < -0.39 is 0 Å². The highest BCUT2D eigenvalue weighted by Crippen LogP contribution is 2.24. The fourth-order valence-corrected chi connectivity index (χ4v) is 2.04. The van der Waals surface area contributed by atoms with E-state index in [1.165, 1.54) is 0 Å². The van der Waals surface area contributed by atoms with Gasteiger partial charge in [-0.15, -0.1) is 0 Å². The van der Waals surface area contributed by atoms with E-state index >= 15 is 0 Å². The third-order valence-corrected chi connectivity index (χ3v) is 2.93. The molecule has 0 aromatic carbocycles. The Hall–Kier alpha value is -0.800. The molecular weight excluding hydrogens is 178 g/mol. The second kappa shape index (κ2) is 4.15. The van der Waals surface area contributed by atoms with Gasteiger partial charge in [0.15, 0.2) is 0 Å². The molecule has 1 aromatic rings. The first-order valence-corrected chi connectivity index (χ1v) is 5.23. The molecule has 1 aromatic heterocycles. The molecule has 78 valence electrons. The van der Waals surface area contributed by atoms with E-state index in [1.807, 2.05) is 12.1 Å². The second-order valence-electron chi connectivity index (χ2n) is 3.98. The van der Waals surface area contributed by atoms with Gasteiger partial charge in [0, 0.05) is 6.54 Å². The predicted octanol–water partition coefficient (Wildman–Crippen LogP) is 1.80. The van der Waals surface area contributed by atoms with E-state index in [4.69, 9.17) is 4.42 Å². The number of aliphatic hydroxyl groups excluding tert-OH is 1. The number of hydrogen-bond acceptors (Lipinski definition) is 3. The summed E-state index contributed by atoms with van der Waals surface area (Å²) in [5, 5.41) is 9.55. The maximum Gasteiger partial charge on any atom is 0.120 e. The van der Waals surface area contributed by atoms with Crippen molar-refractivity contribution in [1.82, 2.24) is 4.90 Å². The normalized spacial score (nSPS) is 26.3. The molecule has 2 unspecified atom stereocenters. The summed E-state index contributed by atoms with van der Waals surface area (Å²) in [4.78, 5) is 2.27. The molecule has 1 N–H and O–H groups in total. The van der Waals surface area contributed by atoms with Gasteiger partial charge in [-0.1, -0.05) is 0 Å². The van der Waals surface area contributed by atoms with Crippen LogP contribution in [0.3, 0.4) is 0 Å². The van der Waals surface area contributed by atoms with Gasteiger partial charge in [-0.05, 0) is 38.4 Å². The standard InChI is InChI=1S/C11H17NO2/c1-9(11-5-3-7-14-11)12-6-2-4-10(13)8-12/h3,5,7,9-10,13H,2,4,6,8H2,1H3. The first kappa shape index (κ1) is 9.74. The summed E-state index contributed by atoms with van der Waals surface area (Å²) in [5.41, 5.74) is 0. The van der Waals surface area contributed by atoms with Gasteiger partial charge in [-0.25, -0.2) is 0 Å². The smallest absolute Gasteiger partial charge is 0.120 e. The zero-order valence-corrected chi connectivity index (χ0v) is 8.52. The highest BCUT2D eigenvalue weighted by Gasteiger charge is 2.23. The van der Waals surface area contributed by atoms with Gasteiger partial charge < -0.3 is 9.52 Å². The highest BCUT2D eigenvalue weighted by molar-refractivity contribution is 5.04. The SMILES string of the molecule is CC(c1ccco1)N1CCCC(O)C1. The summed E-state index contributed by atoms with van der Waals surface area (Å²) >= 11 is 0. The first-order chi connectivity index (χ1) is 6.77. The van der Waals surface area contributed by atoms with Crippen LogP contribution in [0.2, 0.25) is 0 Å².